The largest absolute Gasteiger partial charge is 0.473 e. The van der Waals surface area contributed by atoms with Crippen molar-refractivity contribution in [2.75, 3.05) is 0 Å². The summed E-state index contributed by atoms with van der Waals surface area (Å²) in [4.78, 5) is 18.2. The predicted molar refractivity (Wildman–Crippen MR) is 30.1 cm³/mol. The third kappa shape index (κ3) is 18.8. The molecule has 0 aromatic rings. The van der Waals surface area contributed by atoms with Crippen LogP contribution in [0.5, 0.6) is 0 Å². The molecule has 0 aliphatic rings. The highest BCUT2D eigenvalue weighted by Crippen LogP contribution is 1.92. The first-order chi connectivity index (χ1) is 4.06. The number of carboxylic acids is 2. The predicted octanol–water partition coefficient (Wildman–Crippen LogP) is 0.320. The van der Waals surface area contributed by atoms with E-state index in [1.54, 1.807) is 0 Å². The second kappa shape index (κ2) is 7.33. The molecule has 0 aromatic carbocycles. The first kappa shape index (κ1) is 11.2. The third-order valence-electron chi connectivity index (χ3n) is 0.183. The molecule has 0 aromatic heterocycles. The molecular formula is C2H3ClO5P+. The van der Waals surface area contributed by atoms with Gasteiger partial charge in [0, 0.05) is 0 Å². The highest BCUT2D eigenvalue weighted by molar-refractivity contribution is 7.57. The number of carbonyl (C=O) groups is 2. The minimum absolute atomic E-state index is 0.694. The molecule has 0 saturated heterocycles. The molecule has 0 saturated carbocycles. The highest BCUT2D eigenvalue weighted by Gasteiger charge is 2.04. The van der Waals surface area contributed by atoms with Crippen LogP contribution in [0.3, 0.4) is 0 Å². The zero-order valence-corrected chi connectivity index (χ0v) is 5.75. The Morgan fingerprint density at radius 1 is 1.22 bits per heavy atom. The lowest BCUT2D eigenvalue weighted by Gasteiger charge is -1.72. The SMILES string of the molecule is O=C(O)C(=O)O.O=[PH+]Cl. The van der Waals surface area contributed by atoms with Gasteiger partial charge in [-0.2, -0.15) is 0 Å². The zero-order chi connectivity index (χ0) is 7.86. The topological polar surface area (TPSA) is 91.7 Å². The van der Waals surface area contributed by atoms with E-state index in [1.165, 1.54) is 0 Å². The molecule has 2 N–H and O–H groups in total. The van der Waals surface area contributed by atoms with Crippen LogP contribution in [0.1, 0.15) is 0 Å². The van der Waals surface area contributed by atoms with E-state index in [-0.39, 0.29) is 0 Å². The van der Waals surface area contributed by atoms with Crippen molar-refractivity contribution >= 4 is 31.0 Å². The van der Waals surface area contributed by atoms with E-state index >= 15 is 0 Å². The summed E-state index contributed by atoms with van der Waals surface area (Å²) in [7, 11) is -0.694. The van der Waals surface area contributed by atoms with Crippen molar-refractivity contribution in [1.82, 2.24) is 0 Å². The lowest BCUT2D eigenvalue weighted by molar-refractivity contribution is -0.159. The molecule has 9 heavy (non-hydrogen) atoms. The molecule has 0 amide bonds. The van der Waals surface area contributed by atoms with Crippen molar-refractivity contribution in [1.29, 1.82) is 0 Å². The maximum atomic E-state index is 9.10. The van der Waals surface area contributed by atoms with Crippen molar-refractivity contribution in [3.63, 3.8) is 0 Å². The first-order valence-electron chi connectivity index (χ1n) is 1.50. The van der Waals surface area contributed by atoms with Gasteiger partial charge < -0.3 is 10.2 Å². The number of hydrogen-bond acceptors (Lipinski definition) is 3. The van der Waals surface area contributed by atoms with Gasteiger partial charge in [0.1, 0.15) is 0 Å². The molecule has 0 heterocycles. The number of aliphatic carboxylic acids is 2. The van der Waals surface area contributed by atoms with Crippen LogP contribution in [0, 0.1) is 0 Å². The van der Waals surface area contributed by atoms with Gasteiger partial charge in [0.15, 0.2) is 0 Å². The summed E-state index contributed by atoms with van der Waals surface area (Å²) in [6.45, 7) is 0. The average molecular weight is 173 g/mol. The molecule has 1 atom stereocenters. The van der Waals surface area contributed by atoms with E-state index in [4.69, 9.17) is 24.4 Å². The number of carboxylic acid groups (broad SMARTS) is 2. The van der Waals surface area contributed by atoms with Crippen LogP contribution in [-0.2, 0) is 14.2 Å². The Balaban J connectivity index is 0. The van der Waals surface area contributed by atoms with Gasteiger partial charge >= 0.3 is 19.8 Å². The molecule has 7 heteroatoms. The smallest absolute Gasteiger partial charge is 0.441 e. The fourth-order valence-corrected chi connectivity index (χ4v) is 0. The summed E-state index contributed by atoms with van der Waals surface area (Å²) in [5.74, 6) is -3.65. The molecule has 1 unspecified atom stereocenters. The van der Waals surface area contributed by atoms with Gasteiger partial charge in [-0.15, -0.1) is 0 Å². The van der Waals surface area contributed by atoms with E-state index in [0.29, 0.717) is 0 Å². The molecule has 0 aliphatic carbocycles. The fourth-order valence-electron chi connectivity index (χ4n) is 0. The molecule has 0 fully saturated rings. The van der Waals surface area contributed by atoms with Crippen molar-refractivity contribution in [2.24, 2.45) is 0 Å². The Hall–Kier alpha value is -0.670. The van der Waals surface area contributed by atoms with E-state index in [0.717, 1.165) is 0 Å². The van der Waals surface area contributed by atoms with Gasteiger partial charge in [-0.1, -0.05) is 4.57 Å². The van der Waals surface area contributed by atoms with Crippen LogP contribution in [-0.4, -0.2) is 22.2 Å². The summed E-state index contributed by atoms with van der Waals surface area (Å²) in [6, 6.07) is 0. The normalized spacial score (nSPS) is 7.22. The molecule has 0 rings (SSSR count). The zero-order valence-electron chi connectivity index (χ0n) is 4.00. The van der Waals surface area contributed by atoms with E-state index in [2.05, 4.69) is 11.2 Å². The monoisotopic (exact) mass is 173 g/mol. The minimum atomic E-state index is -1.82. The van der Waals surface area contributed by atoms with Gasteiger partial charge in [-0.05, 0) is 0 Å². The molecular weight excluding hydrogens is 170 g/mol. The van der Waals surface area contributed by atoms with Crippen LogP contribution in [0.25, 0.3) is 0 Å². The summed E-state index contributed by atoms with van der Waals surface area (Å²) in [5.41, 5.74) is 0. The quantitative estimate of drug-likeness (QED) is 0.407. The third-order valence-corrected chi connectivity index (χ3v) is 0.183. The van der Waals surface area contributed by atoms with E-state index in [1.807, 2.05) is 0 Å². The Bertz CT molecular complexity index is 110. The second-order valence-electron chi connectivity index (χ2n) is 0.687. The lowest BCUT2D eigenvalue weighted by Crippen LogP contribution is -2.09. The van der Waals surface area contributed by atoms with Crippen LogP contribution < -0.4 is 0 Å². The maximum Gasteiger partial charge on any atom is 0.441 e. The Kier molecular flexibility index (Phi) is 9.10. The van der Waals surface area contributed by atoms with Crippen molar-refractivity contribution in [3.8, 4) is 0 Å². The van der Waals surface area contributed by atoms with Crippen molar-refractivity contribution in [3.05, 3.63) is 0 Å². The molecule has 0 spiro atoms. The summed E-state index contributed by atoms with van der Waals surface area (Å²) >= 11 is 4.47. The summed E-state index contributed by atoms with van der Waals surface area (Å²) in [6.07, 6.45) is 0. The number of halogens is 1. The maximum absolute atomic E-state index is 9.10. The molecule has 0 bridgehead atoms. The summed E-state index contributed by atoms with van der Waals surface area (Å²) < 4.78 is 8.72. The Labute approximate surface area is 56.2 Å². The van der Waals surface area contributed by atoms with Gasteiger partial charge in [0.05, 0.1) is 0 Å². The summed E-state index contributed by atoms with van der Waals surface area (Å²) in [5, 5.41) is 14.8. The molecule has 0 aliphatic heterocycles. The molecule has 0 radical (unpaired) electrons. The van der Waals surface area contributed by atoms with Gasteiger partial charge in [-0.3, -0.25) is 0 Å². The minimum Gasteiger partial charge on any atom is -0.473 e. The van der Waals surface area contributed by atoms with Crippen molar-refractivity contribution < 1.29 is 24.4 Å². The fraction of sp³-hybridized carbons (Fsp3) is 0. The standard InChI is InChI=1S/C2H2O4.ClOP/c3-1(4)2(5)6;1-3-2/h(H,3,4)(H,5,6);/p+1. The first-order valence-corrected chi connectivity index (χ1v) is 3.42. The molecule has 5 nitrogen and oxygen atoms in total. The van der Waals surface area contributed by atoms with Crippen LogP contribution in [0.15, 0.2) is 0 Å². The van der Waals surface area contributed by atoms with Crippen LogP contribution in [0.4, 0.5) is 0 Å². The van der Waals surface area contributed by atoms with Crippen LogP contribution in [0.2, 0.25) is 0 Å². The second-order valence-corrected chi connectivity index (χ2v) is 1.30. The Morgan fingerprint density at radius 2 is 1.33 bits per heavy atom. The molecule has 52 valence electrons. The Morgan fingerprint density at radius 3 is 1.33 bits per heavy atom. The van der Waals surface area contributed by atoms with E-state index in [9.17, 15) is 0 Å². The average Bonchev–Trinajstić information content (AvgIpc) is 1.68. The lowest BCUT2D eigenvalue weighted by atomic mass is 10.7. The van der Waals surface area contributed by atoms with Gasteiger partial charge in [0.2, 0.25) is 11.2 Å². The van der Waals surface area contributed by atoms with E-state index < -0.39 is 19.8 Å². The van der Waals surface area contributed by atoms with Crippen molar-refractivity contribution in [2.45, 2.75) is 0 Å². The number of rotatable bonds is 0. The number of hydrogen-bond donors (Lipinski definition) is 2. The highest BCUT2D eigenvalue weighted by atomic mass is 35.7. The van der Waals surface area contributed by atoms with Gasteiger partial charge in [0.25, 0.3) is 0 Å². The van der Waals surface area contributed by atoms with Crippen LogP contribution >= 0.6 is 19.1 Å². The van der Waals surface area contributed by atoms with Gasteiger partial charge in [-0.25, -0.2) is 9.59 Å².